The summed E-state index contributed by atoms with van der Waals surface area (Å²) in [6.45, 7) is 2.86. The number of aromatic nitrogens is 1. The van der Waals surface area contributed by atoms with Crippen LogP contribution in [0.2, 0.25) is 0 Å². The standard InChI is InChI=1S/C26H27F2N3O2/c1-31-8-6-15(7-9-31)13-30-24-19-10-17(18-11-21(27)26(33)22(28)12-18)4-5-23(19)29-14-20(24)25(32)16-2-3-16/h4-5,10-12,14-16,33H,2-3,6-9,13H2,1H3,(H,29,30). The number of rotatable bonds is 6. The van der Waals surface area contributed by atoms with E-state index in [0.29, 0.717) is 28.1 Å². The van der Waals surface area contributed by atoms with Crippen LogP contribution in [-0.2, 0) is 0 Å². The third kappa shape index (κ3) is 4.42. The molecule has 2 heterocycles. The van der Waals surface area contributed by atoms with Gasteiger partial charge in [-0.15, -0.1) is 0 Å². The highest BCUT2D eigenvalue weighted by Gasteiger charge is 2.32. The minimum atomic E-state index is -1.01. The van der Waals surface area contributed by atoms with Crippen molar-refractivity contribution in [3.05, 3.63) is 53.7 Å². The summed E-state index contributed by atoms with van der Waals surface area (Å²) in [5.41, 5.74) is 2.93. The number of hydrogen-bond donors (Lipinski definition) is 2. The lowest BCUT2D eigenvalue weighted by molar-refractivity contribution is 0.0968. The second-order valence-corrected chi connectivity index (χ2v) is 9.33. The first-order valence-corrected chi connectivity index (χ1v) is 11.5. The molecular formula is C26H27F2N3O2. The normalized spacial score (nSPS) is 17.4. The predicted octanol–water partition coefficient (Wildman–Crippen LogP) is 5.23. The van der Waals surface area contributed by atoms with Gasteiger partial charge in [0.05, 0.1) is 16.8 Å². The smallest absolute Gasteiger partial charge is 0.187 e. The molecule has 5 rings (SSSR count). The summed E-state index contributed by atoms with van der Waals surface area (Å²) in [6.07, 6.45) is 5.64. The van der Waals surface area contributed by atoms with Gasteiger partial charge in [-0.05, 0) is 87.1 Å². The molecule has 0 atom stereocenters. The number of anilines is 1. The fourth-order valence-electron chi connectivity index (χ4n) is 4.56. The Labute approximate surface area is 191 Å². The molecule has 5 nitrogen and oxygen atoms in total. The lowest BCUT2D eigenvalue weighted by Gasteiger charge is -2.29. The molecule has 172 valence electrons. The van der Waals surface area contributed by atoms with E-state index < -0.39 is 17.4 Å². The number of piperidine rings is 1. The average molecular weight is 452 g/mol. The number of benzene rings is 2. The summed E-state index contributed by atoms with van der Waals surface area (Å²) in [6, 6.07) is 7.56. The number of halogens is 2. The Balaban J connectivity index is 1.55. The van der Waals surface area contributed by atoms with E-state index in [2.05, 4.69) is 22.2 Å². The minimum absolute atomic E-state index is 0.0524. The minimum Gasteiger partial charge on any atom is -0.503 e. The molecule has 1 saturated heterocycles. The lowest BCUT2D eigenvalue weighted by Crippen LogP contribution is -2.33. The van der Waals surface area contributed by atoms with Gasteiger partial charge < -0.3 is 15.3 Å². The van der Waals surface area contributed by atoms with Crippen LogP contribution in [0.1, 0.15) is 36.0 Å². The van der Waals surface area contributed by atoms with Crippen molar-refractivity contribution in [1.82, 2.24) is 9.88 Å². The highest BCUT2D eigenvalue weighted by molar-refractivity contribution is 6.10. The molecule has 2 aromatic carbocycles. The predicted molar refractivity (Wildman–Crippen MR) is 125 cm³/mol. The maximum Gasteiger partial charge on any atom is 0.187 e. The summed E-state index contributed by atoms with van der Waals surface area (Å²) in [4.78, 5) is 19.9. The highest BCUT2D eigenvalue weighted by atomic mass is 19.1. The second-order valence-electron chi connectivity index (χ2n) is 9.33. The Morgan fingerprint density at radius 2 is 1.79 bits per heavy atom. The summed E-state index contributed by atoms with van der Waals surface area (Å²) in [5, 5.41) is 13.7. The summed E-state index contributed by atoms with van der Waals surface area (Å²) in [7, 11) is 2.13. The van der Waals surface area contributed by atoms with E-state index in [4.69, 9.17) is 0 Å². The molecule has 1 aromatic heterocycles. The zero-order valence-corrected chi connectivity index (χ0v) is 18.6. The molecule has 0 amide bonds. The molecule has 2 aliphatic rings. The SMILES string of the molecule is CN1CCC(CNc2c(C(=O)C3CC3)cnc3ccc(-c4cc(F)c(O)c(F)c4)cc23)CC1. The van der Waals surface area contributed by atoms with Gasteiger partial charge in [0.1, 0.15) is 0 Å². The van der Waals surface area contributed by atoms with E-state index in [1.165, 1.54) is 0 Å². The second kappa shape index (κ2) is 8.71. The Hall–Kier alpha value is -3.06. The third-order valence-corrected chi connectivity index (χ3v) is 6.84. The largest absolute Gasteiger partial charge is 0.503 e. The molecule has 1 aliphatic carbocycles. The van der Waals surface area contributed by atoms with Crippen LogP contribution in [0.5, 0.6) is 5.75 Å². The molecule has 0 spiro atoms. The van der Waals surface area contributed by atoms with Crippen LogP contribution in [0.15, 0.2) is 36.5 Å². The first-order chi connectivity index (χ1) is 15.9. The van der Waals surface area contributed by atoms with Gasteiger partial charge in [0.25, 0.3) is 0 Å². The van der Waals surface area contributed by atoms with Gasteiger partial charge in [0.2, 0.25) is 0 Å². The zero-order chi connectivity index (χ0) is 23.1. The van der Waals surface area contributed by atoms with Gasteiger partial charge in [0.15, 0.2) is 23.2 Å². The van der Waals surface area contributed by atoms with Crippen molar-refractivity contribution in [3.63, 3.8) is 0 Å². The molecule has 0 bridgehead atoms. The maximum absolute atomic E-state index is 14.0. The first-order valence-electron chi connectivity index (χ1n) is 11.5. The Morgan fingerprint density at radius 1 is 1.09 bits per heavy atom. The molecule has 33 heavy (non-hydrogen) atoms. The van der Waals surface area contributed by atoms with Crippen LogP contribution >= 0.6 is 0 Å². The van der Waals surface area contributed by atoms with Crippen molar-refractivity contribution < 1.29 is 18.7 Å². The van der Waals surface area contributed by atoms with E-state index in [0.717, 1.165) is 68.5 Å². The van der Waals surface area contributed by atoms with E-state index in [9.17, 15) is 18.7 Å². The van der Waals surface area contributed by atoms with Crippen molar-refractivity contribution in [2.75, 3.05) is 32.0 Å². The van der Waals surface area contributed by atoms with Gasteiger partial charge in [0, 0.05) is 24.0 Å². The number of ketones is 1. The van der Waals surface area contributed by atoms with E-state index in [1.807, 2.05) is 6.07 Å². The van der Waals surface area contributed by atoms with Crippen molar-refractivity contribution >= 4 is 22.4 Å². The molecule has 7 heteroatoms. The molecule has 1 aliphatic heterocycles. The molecule has 0 unspecified atom stereocenters. The van der Waals surface area contributed by atoms with Gasteiger partial charge in [-0.3, -0.25) is 9.78 Å². The number of phenolic OH excluding ortho intramolecular Hbond substituents is 1. The number of Topliss-reactive ketones (excluding diaryl/α,β-unsaturated/α-hetero) is 1. The van der Waals surface area contributed by atoms with Gasteiger partial charge in [-0.1, -0.05) is 6.07 Å². The molecule has 0 radical (unpaired) electrons. The zero-order valence-electron chi connectivity index (χ0n) is 18.6. The summed E-state index contributed by atoms with van der Waals surface area (Å²) in [5.74, 6) is -2.35. The van der Waals surface area contributed by atoms with Gasteiger partial charge in [-0.2, -0.15) is 0 Å². The topological polar surface area (TPSA) is 65.5 Å². The van der Waals surface area contributed by atoms with Crippen molar-refractivity contribution in [2.45, 2.75) is 25.7 Å². The van der Waals surface area contributed by atoms with Crippen molar-refractivity contribution in [1.29, 1.82) is 0 Å². The van der Waals surface area contributed by atoms with Crippen LogP contribution in [-0.4, -0.2) is 47.5 Å². The maximum atomic E-state index is 14.0. The number of carbonyl (C=O) groups excluding carboxylic acids is 1. The fraction of sp³-hybridized carbons (Fsp3) is 0.385. The number of hydrogen-bond acceptors (Lipinski definition) is 5. The molecule has 3 aromatic rings. The average Bonchev–Trinajstić information content (AvgIpc) is 3.66. The molecule has 1 saturated carbocycles. The first kappa shape index (κ1) is 21.8. The van der Waals surface area contributed by atoms with E-state index in [-0.39, 0.29) is 11.7 Å². The number of pyridine rings is 1. The lowest BCUT2D eigenvalue weighted by atomic mass is 9.95. The fourth-order valence-corrected chi connectivity index (χ4v) is 4.56. The third-order valence-electron chi connectivity index (χ3n) is 6.84. The van der Waals surface area contributed by atoms with Crippen LogP contribution in [0, 0.1) is 23.5 Å². The molecule has 2 N–H and O–H groups in total. The van der Waals surface area contributed by atoms with Crippen molar-refractivity contribution in [2.24, 2.45) is 11.8 Å². The summed E-state index contributed by atoms with van der Waals surface area (Å²) >= 11 is 0. The molecule has 2 fully saturated rings. The van der Waals surface area contributed by atoms with Gasteiger partial charge >= 0.3 is 0 Å². The Kier molecular flexibility index (Phi) is 5.74. The number of phenols is 1. The van der Waals surface area contributed by atoms with Crippen LogP contribution < -0.4 is 5.32 Å². The van der Waals surface area contributed by atoms with Crippen LogP contribution in [0.4, 0.5) is 14.5 Å². The monoisotopic (exact) mass is 451 g/mol. The van der Waals surface area contributed by atoms with Crippen LogP contribution in [0.3, 0.4) is 0 Å². The highest BCUT2D eigenvalue weighted by Crippen LogP contribution is 2.38. The number of likely N-dealkylation sites (tertiary alicyclic amines) is 1. The number of nitrogens with one attached hydrogen (secondary N) is 1. The Bertz CT molecular complexity index is 1190. The quantitative estimate of drug-likeness (QED) is 0.503. The summed E-state index contributed by atoms with van der Waals surface area (Å²) < 4.78 is 28.0. The Morgan fingerprint density at radius 3 is 2.45 bits per heavy atom. The number of fused-ring (bicyclic) bond motifs is 1. The van der Waals surface area contributed by atoms with Gasteiger partial charge in [-0.25, -0.2) is 8.78 Å². The van der Waals surface area contributed by atoms with Crippen LogP contribution in [0.25, 0.3) is 22.0 Å². The van der Waals surface area contributed by atoms with Crippen molar-refractivity contribution in [3.8, 4) is 16.9 Å². The molecular weight excluding hydrogens is 424 g/mol. The number of aromatic hydroxyl groups is 1. The number of nitrogens with zero attached hydrogens (tertiary/aromatic N) is 2. The van der Waals surface area contributed by atoms with E-state index >= 15 is 0 Å². The van der Waals surface area contributed by atoms with E-state index in [1.54, 1.807) is 18.3 Å². The number of carbonyl (C=O) groups is 1.